The Balaban J connectivity index is 2.40. The van der Waals surface area contributed by atoms with E-state index in [1.165, 1.54) is 0 Å². The van der Waals surface area contributed by atoms with Crippen LogP contribution < -0.4 is 0 Å². The van der Waals surface area contributed by atoms with Crippen molar-refractivity contribution in [2.24, 2.45) is 0 Å². The molecule has 0 aliphatic carbocycles. The molecule has 0 saturated carbocycles. The largest absolute Gasteiger partial charge is 0.480 e. The molecular weight excluding hydrogens is 274 g/mol. The number of fused-ring (bicyclic) bond motifs is 1. The Morgan fingerprint density at radius 2 is 2.00 bits per heavy atom. The lowest BCUT2D eigenvalue weighted by Crippen LogP contribution is -2.27. The number of aryl methyl sites for hydroxylation is 1. The van der Waals surface area contributed by atoms with E-state index in [-0.39, 0.29) is 19.6 Å². The van der Waals surface area contributed by atoms with Crippen molar-refractivity contribution in [1.82, 2.24) is 14.5 Å². The molecule has 2 aromatic rings. The van der Waals surface area contributed by atoms with Crippen LogP contribution in [0, 0.1) is 6.92 Å². The summed E-state index contributed by atoms with van der Waals surface area (Å²) in [7, 11) is 1.66. The minimum atomic E-state index is -0.961. The van der Waals surface area contributed by atoms with Crippen LogP contribution >= 0.6 is 0 Å². The van der Waals surface area contributed by atoms with Gasteiger partial charge in [0.25, 0.3) is 0 Å². The molecule has 0 fully saturated rings. The minimum Gasteiger partial charge on any atom is -0.480 e. The molecule has 1 aromatic heterocycles. The quantitative estimate of drug-likeness (QED) is 0.822. The van der Waals surface area contributed by atoms with Crippen LogP contribution in [0.3, 0.4) is 0 Å². The third-order valence-corrected chi connectivity index (χ3v) is 3.09. The second-order valence-electron chi connectivity index (χ2n) is 5.07. The van der Waals surface area contributed by atoms with Gasteiger partial charge in [-0.1, -0.05) is 6.07 Å². The van der Waals surface area contributed by atoms with E-state index in [1.54, 1.807) is 16.5 Å². The summed E-state index contributed by atoms with van der Waals surface area (Å²) in [4.78, 5) is 27.8. The summed E-state index contributed by atoms with van der Waals surface area (Å²) in [5.74, 6) is -1.35. The second kappa shape index (κ2) is 5.92. The lowest BCUT2D eigenvalue weighted by molar-refractivity contribution is -0.139. The molecule has 0 bridgehead atoms. The van der Waals surface area contributed by atoms with Gasteiger partial charge >= 0.3 is 11.9 Å². The Bertz CT molecular complexity index is 693. The third-order valence-electron chi connectivity index (χ3n) is 3.09. The van der Waals surface area contributed by atoms with Gasteiger partial charge in [0.15, 0.2) is 0 Å². The predicted molar refractivity (Wildman–Crippen MR) is 76.1 cm³/mol. The number of benzene rings is 1. The normalized spacial score (nSPS) is 11.2. The number of carbonyl (C=O) groups is 2. The summed E-state index contributed by atoms with van der Waals surface area (Å²) < 4.78 is 1.61. The highest BCUT2D eigenvalue weighted by molar-refractivity contribution is 5.79. The number of hydrogen-bond acceptors (Lipinski definition) is 4. The fraction of sp³-hybridized carbons (Fsp3) is 0.357. The number of hydrogen-bond donors (Lipinski definition) is 2. The topological polar surface area (TPSA) is 95.7 Å². The van der Waals surface area contributed by atoms with Crippen molar-refractivity contribution in [2.45, 2.75) is 20.0 Å². The Hall–Kier alpha value is -2.41. The number of nitrogens with zero attached hydrogens (tertiary/aromatic N) is 3. The van der Waals surface area contributed by atoms with Crippen molar-refractivity contribution in [3.63, 3.8) is 0 Å². The molecule has 2 rings (SSSR count). The number of likely N-dealkylation sites (N-methyl/N-ethyl adjacent to an activating group) is 1. The van der Waals surface area contributed by atoms with Gasteiger partial charge in [0.2, 0.25) is 0 Å². The van der Waals surface area contributed by atoms with Crippen molar-refractivity contribution in [3.8, 4) is 0 Å². The van der Waals surface area contributed by atoms with Crippen LogP contribution in [-0.2, 0) is 22.7 Å². The van der Waals surface area contributed by atoms with Gasteiger partial charge in [-0.15, -0.1) is 0 Å². The molecule has 2 N–H and O–H groups in total. The van der Waals surface area contributed by atoms with Crippen LogP contribution in [0.15, 0.2) is 18.2 Å². The maximum Gasteiger partial charge on any atom is 0.323 e. The molecule has 0 radical (unpaired) electrons. The summed E-state index contributed by atoms with van der Waals surface area (Å²) in [6.07, 6.45) is 0. The molecule has 0 atom stereocenters. The van der Waals surface area contributed by atoms with Gasteiger partial charge in [0, 0.05) is 0 Å². The Morgan fingerprint density at radius 3 is 2.62 bits per heavy atom. The zero-order valence-corrected chi connectivity index (χ0v) is 11.9. The second-order valence-corrected chi connectivity index (χ2v) is 5.07. The van der Waals surface area contributed by atoms with E-state index in [1.807, 2.05) is 25.1 Å². The van der Waals surface area contributed by atoms with Gasteiger partial charge in [-0.2, -0.15) is 0 Å². The molecule has 1 heterocycles. The van der Waals surface area contributed by atoms with Gasteiger partial charge in [0.05, 0.1) is 24.1 Å². The van der Waals surface area contributed by atoms with E-state index in [0.29, 0.717) is 5.82 Å². The maximum atomic E-state index is 11.0. The average molecular weight is 291 g/mol. The maximum absolute atomic E-state index is 11.0. The predicted octanol–water partition coefficient (Wildman–Crippen LogP) is 0.946. The number of carboxylic acids is 2. The summed E-state index contributed by atoms with van der Waals surface area (Å²) >= 11 is 0. The highest BCUT2D eigenvalue weighted by Gasteiger charge is 2.15. The average Bonchev–Trinajstić information content (AvgIpc) is 2.64. The minimum absolute atomic E-state index is 0.130. The first kappa shape index (κ1) is 15.0. The van der Waals surface area contributed by atoms with Crippen LogP contribution in [0.25, 0.3) is 11.0 Å². The molecule has 0 unspecified atom stereocenters. The highest BCUT2D eigenvalue weighted by Crippen LogP contribution is 2.18. The molecule has 0 aliphatic rings. The summed E-state index contributed by atoms with van der Waals surface area (Å²) in [5.41, 5.74) is 2.49. The standard InChI is InChI=1S/C14H17N3O4/c1-9-3-4-11-10(5-9)15-12(17(11)8-14(20)21)6-16(2)7-13(18)19/h3-5H,6-8H2,1-2H3,(H,18,19)(H,20,21). The van der Waals surface area contributed by atoms with E-state index >= 15 is 0 Å². The van der Waals surface area contributed by atoms with Crippen molar-refractivity contribution in [3.05, 3.63) is 29.6 Å². The van der Waals surface area contributed by atoms with Crippen LogP contribution in [0.1, 0.15) is 11.4 Å². The summed E-state index contributed by atoms with van der Waals surface area (Å²) in [6.45, 7) is 1.88. The highest BCUT2D eigenvalue weighted by atomic mass is 16.4. The van der Waals surface area contributed by atoms with Gasteiger partial charge in [-0.05, 0) is 31.7 Å². The Morgan fingerprint density at radius 1 is 1.29 bits per heavy atom. The fourth-order valence-electron chi connectivity index (χ4n) is 2.25. The van der Waals surface area contributed by atoms with E-state index in [2.05, 4.69) is 4.98 Å². The molecule has 0 aliphatic heterocycles. The number of rotatable bonds is 6. The third kappa shape index (κ3) is 3.57. The van der Waals surface area contributed by atoms with E-state index in [4.69, 9.17) is 10.2 Å². The zero-order chi connectivity index (χ0) is 15.6. The first-order valence-electron chi connectivity index (χ1n) is 6.44. The summed E-state index contributed by atoms with van der Waals surface area (Å²) in [6, 6.07) is 5.61. The van der Waals surface area contributed by atoms with E-state index in [9.17, 15) is 9.59 Å². The van der Waals surface area contributed by atoms with Crippen LogP contribution in [0.2, 0.25) is 0 Å². The van der Waals surface area contributed by atoms with Gasteiger partial charge in [0.1, 0.15) is 12.4 Å². The zero-order valence-electron chi connectivity index (χ0n) is 11.9. The number of imidazole rings is 1. The molecule has 21 heavy (non-hydrogen) atoms. The van der Waals surface area contributed by atoms with Crippen LogP contribution in [0.5, 0.6) is 0 Å². The number of aromatic nitrogens is 2. The number of carboxylic acid groups (broad SMARTS) is 2. The van der Waals surface area contributed by atoms with Crippen LogP contribution in [-0.4, -0.2) is 50.2 Å². The van der Waals surface area contributed by atoms with Crippen molar-refractivity contribution < 1.29 is 19.8 Å². The fourth-order valence-corrected chi connectivity index (χ4v) is 2.25. The molecule has 7 nitrogen and oxygen atoms in total. The van der Waals surface area contributed by atoms with Crippen LogP contribution in [0.4, 0.5) is 0 Å². The first-order chi connectivity index (χ1) is 9.86. The van der Waals surface area contributed by atoms with Gasteiger partial charge < -0.3 is 14.8 Å². The van der Waals surface area contributed by atoms with Crippen molar-refractivity contribution >= 4 is 23.0 Å². The van der Waals surface area contributed by atoms with Crippen molar-refractivity contribution in [1.29, 1.82) is 0 Å². The smallest absolute Gasteiger partial charge is 0.323 e. The molecule has 0 amide bonds. The van der Waals surface area contributed by atoms with Crippen molar-refractivity contribution in [2.75, 3.05) is 13.6 Å². The Kier molecular flexibility index (Phi) is 4.23. The number of aliphatic carboxylic acids is 2. The molecule has 0 saturated heterocycles. The molecular formula is C14H17N3O4. The summed E-state index contributed by atoms with van der Waals surface area (Å²) in [5, 5.41) is 17.8. The molecule has 1 aromatic carbocycles. The lowest BCUT2D eigenvalue weighted by atomic mass is 10.2. The Labute approximate surface area is 121 Å². The lowest BCUT2D eigenvalue weighted by Gasteiger charge is -2.14. The molecule has 7 heteroatoms. The van der Waals surface area contributed by atoms with Gasteiger partial charge in [-0.3, -0.25) is 14.5 Å². The first-order valence-corrected chi connectivity index (χ1v) is 6.44. The van der Waals surface area contributed by atoms with E-state index < -0.39 is 11.9 Å². The SMILES string of the molecule is Cc1ccc2c(c1)nc(CN(C)CC(=O)O)n2CC(=O)O. The molecule has 0 spiro atoms. The monoisotopic (exact) mass is 291 g/mol. The van der Waals surface area contributed by atoms with E-state index in [0.717, 1.165) is 16.6 Å². The van der Waals surface area contributed by atoms with Gasteiger partial charge in [-0.25, -0.2) is 4.98 Å². The molecule has 112 valence electrons.